The van der Waals surface area contributed by atoms with E-state index in [4.69, 9.17) is 9.15 Å². The minimum Gasteiger partial charge on any atom is -0.453 e. The van der Waals surface area contributed by atoms with Gasteiger partial charge in [-0.3, -0.25) is 0 Å². The van der Waals surface area contributed by atoms with Crippen molar-refractivity contribution < 1.29 is 9.15 Å². The summed E-state index contributed by atoms with van der Waals surface area (Å²) >= 11 is 3.32. The Balaban J connectivity index is 1.89. The van der Waals surface area contributed by atoms with Crippen molar-refractivity contribution in [1.82, 2.24) is 5.32 Å². The third-order valence-electron chi connectivity index (χ3n) is 2.99. The van der Waals surface area contributed by atoms with Crippen LogP contribution in [0.4, 0.5) is 0 Å². The fourth-order valence-corrected chi connectivity index (χ4v) is 2.47. The van der Waals surface area contributed by atoms with E-state index in [1.807, 2.05) is 12.1 Å². The van der Waals surface area contributed by atoms with Crippen LogP contribution in [0.5, 0.6) is 0 Å². The van der Waals surface area contributed by atoms with E-state index in [0.29, 0.717) is 12.1 Å². The molecular weight excluding hydrogens is 270 g/mol. The Hall–Kier alpha value is -0.320. The summed E-state index contributed by atoms with van der Waals surface area (Å²) in [4.78, 5) is 0. The number of ether oxygens (including phenoxy) is 1. The summed E-state index contributed by atoms with van der Waals surface area (Å²) in [7, 11) is 0. The highest BCUT2D eigenvalue weighted by atomic mass is 79.9. The number of nitrogens with one attached hydrogen (secondary N) is 1. The molecule has 3 unspecified atom stereocenters. The van der Waals surface area contributed by atoms with Gasteiger partial charge in [0.25, 0.3) is 0 Å². The highest BCUT2D eigenvalue weighted by molar-refractivity contribution is 9.10. The minimum absolute atomic E-state index is 0.251. The van der Waals surface area contributed by atoms with Gasteiger partial charge in [0.2, 0.25) is 0 Å². The molecule has 1 aromatic rings. The molecular formula is C12H18BrNO2. The average Bonchev–Trinajstić information content (AvgIpc) is 2.65. The fourth-order valence-electron chi connectivity index (χ4n) is 2.15. The van der Waals surface area contributed by atoms with Gasteiger partial charge < -0.3 is 14.5 Å². The van der Waals surface area contributed by atoms with Gasteiger partial charge in [0.1, 0.15) is 5.76 Å². The highest BCUT2D eigenvalue weighted by Crippen LogP contribution is 2.22. The zero-order valence-electron chi connectivity index (χ0n) is 9.70. The zero-order valence-corrected chi connectivity index (χ0v) is 11.3. The lowest BCUT2D eigenvalue weighted by Crippen LogP contribution is -2.39. The quantitative estimate of drug-likeness (QED) is 0.927. The molecule has 1 aliphatic rings. The van der Waals surface area contributed by atoms with Crippen LogP contribution in [0, 0.1) is 0 Å². The molecule has 0 spiro atoms. The van der Waals surface area contributed by atoms with Crippen molar-refractivity contribution in [2.75, 3.05) is 6.61 Å². The van der Waals surface area contributed by atoms with Gasteiger partial charge in [-0.05, 0) is 54.8 Å². The molecule has 3 nitrogen and oxygen atoms in total. The molecule has 1 aromatic heterocycles. The van der Waals surface area contributed by atoms with E-state index in [0.717, 1.165) is 29.9 Å². The predicted octanol–water partition coefficient (Wildman–Crippen LogP) is 3.26. The Morgan fingerprint density at radius 2 is 2.31 bits per heavy atom. The summed E-state index contributed by atoms with van der Waals surface area (Å²) in [6.07, 6.45) is 2.52. The standard InChI is InChI=1S/C12H18BrNO2/c1-8-7-10(5-6-15-8)14-9(2)11-3-4-12(13)16-11/h3-4,8-10,14H,5-7H2,1-2H3. The molecule has 1 N–H and O–H groups in total. The van der Waals surface area contributed by atoms with E-state index >= 15 is 0 Å². The van der Waals surface area contributed by atoms with Crippen molar-refractivity contribution in [2.45, 2.75) is 44.9 Å². The molecule has 4 heteroatoms. The molecule has 0 aliphatic carbocycles. The summed E-state index contributed by atoms with van der Waals surface area (Å²) in [5.74, 6) is 0.978. The predicted molar refractivity (Wildman–Crippen MR) is 66.4 cm³/mol. The molecule has 16 heavy (non-hydrogen) atoms. The third-order valence-corrected chi connectivity index (χ3v) is 3.42. The van der Waals surface area contributed by atoms with Crippen LogP contribution in [0.1, 0.15) is 38.5 Å². The smallest absolute Gasteiger partial charge is 0.169 e. The second kappa shape index (κ2) is 5.34. The lowest BCUT2D eigenvalue weighted by Gasteiger charge is -2.29. The molecule has 1 saturated heterocycles. The Morgan fingerprint density at radius 3 is 2.94 bits per heavy atom. The van der Waals surface area contributed by atoms with Crippen LogP contribution in [0.2, 0.25) is 0 Å². The molecule has 1 fully saturated rings. The van der Waals surface area contributed by atoms with Gasteiger partial charge in [0.05, 0.1) is 12.1 Å². The summed E-state index contributed by atoms with van der Waals surface area (Å²) in [5, 5.41) is 3.58. The van der Waals surface area contributed by atoms with Crippen LogP contribution < -0.4 is 5.32 Å². The van der Waals surface area contributed by atoms with Gasteiger partial charge >= 0.3 is 0 Å². The van der Waals surface area contributed by atoms with Crippen molar-refractivity contribution in [2.24, 2.45) is 0 Å². The number of rotatable bonds is 3. The maximum absolute atomic E-state index is 5.54. The van der Waals surface area contributed by atoms with Gasteiger partial charge in [-0.1, -0.05) is 0 Å². The maximum Gasteiger partial charge on any atom is 0.169 e. The number of furan rings is 1. The highest BCUT2D eigenvalue weighted by Gasteiger charge is 2.21. The van der Waals surface area contributed by atoms with Crippen molar-refractivity contribution in [1.29, 1.82) is 0 Å². The summed E-state index contributed by atoms with van der Waals surface area (Å²) in [5.41, 5.74) is 0. The van der Waals surface area contributed by atoms with Gasteiger partial charge in [0.15, 0.2) is 4.67 Å². The second-order valence-electron chi connectivity index (χ2n) is 4.43. The molecule has 3 atom stereocenters. The lowest BCUT2D eigenvalue weighted by molar-refractivity contribution is 0.0111. The monoisotopic (exact) mass is 287 g/mol. The molecule has 2 heterocycles. The molecule has 2 rings (SSSR count). The third kappa shape index (κ3) is 3.09. The van der Waals surface area contributed by atoms with Crippen molar-refractivity contribution in [3.63, 3.8) is 0 Å². The second-order valence-corrected chi connectivity index (χ2v) is 5.21. The normalized spacial score (nSPS) is 27.9. The van der Waals surface area contributed by atoms with Gasteiger partial charge in [-0.25, -0.2) is 0 Å². The first-order valence-electron chi connectivity index (χ1n) is 5.78. The van der Waals surface area contributed by atoms with Crippen molar-refractivity contribution in [3.05, 3.63) is 22.6 Å². The Morgan fingerprint density at radius 1 is 1.50 bits per heavy atom. The van der Waals surface area contributed by atoms with Crippen LogP contribution in [-0.4, -0.2) is 18.8 Å². The van der Waals surface area contributed by atoms with Gasteiger partial charge in [-0.15, -0.1) is 0 Å². The average molecular weight is 288 g/mol. The van der Waals surface area contributed by atoms with E-state index in [-0.39, 0.29) is 6.04 Å². The first kappa shape index (κ1) is 12.1. The molecule has 0 radical (unpaired) electrons. The van der Waals surface area contributed by atoms with Crippen LogP contribution in [0.25, 0.3) is 0 Å². The Kier molecular flexibility index (Phi) is 4.05. The van der Waals surface area contributed by atoms with E-state index in [1.54, 1.807) is 0 Å². The SMILES string of the molecule is CC1CC(NC(C)c2ccc(Br)o2)CCO1. The largest absolute Gasteiger partial charge is 0.453 e. The van der Waals surface area contributed by atoms with E-state index in [9.17, 15) is 0 Å². The minimum atomic E-state index is 0.251. The van der Waals surface area contributed by atoms with Crippen LogP contribution in [0.15, 0.2) is 21.2 Å². The van der Waals surface area contributed by atoms with Crippen LogP contribution in [0.3, 0.4) is 0 Å². The molecule has 0 saturated carbocycles. The van der Waals surface area contributed by atoms with E-state index in [1.165, 1.54) is 0 Å². The van der Waals surface area contributed by atoms with Gasteiger partial charge in [0, 0.05) is 12.6 Å². The molecule has 0 aromatic carbocycles. The van der Waals surface area contributed by atoms with E-state index in [2.05, 4.69) is 35.1 Å². The summed E-state index contributed by atoms with van der Waals surface area (Å²) in [6.45, 7) is 5.11. The fraction of sp³-hybridized carbons (Fsp3) is 0.667. The number of hydrogen-bond acceptors (Lipinski definition) is 3. The lowest BCUT2D eigenvalue weighted by atomic mass is 10.0. The number of halogens is 1. The number of hydrogen-bond donors (Lipinski definition) is 1. The zero-order chi connectivity index (χ0) is 11.5. The van der Waals surface area contributed by atoms with Crippen LogP contribution >= 0.6 is 15.9 Å². The topological polar surface area (TPSA) is 34.4 Å². The Labute approximate surface area is 105 Å². The van der Waals surface area contributed by atoms with E-state index < -0.39 is 0 Å². The van der Waals surface area contributed by atoms with Crippen LogP contribution in [-0.2, 0) is 4.74 Å². The summed E-state index contributed by atoms with van der Waals surface area (Å²) in [6, 6.07) is 4.72. The maximum atomic E-state index is 5.54. The first-order valence-corrected chi connectivity index (χ1v) is 6.57. The Bertz CT molecular complexity index is 340. The van der Waals surface area contributed by atoms with Crippen molar-refractivity contribution >= 4 is 15.9 Å². The molecule has 0 bridgehead atoms. The van der Waals surface area contributed by atoms with Crippen molar-refractivity contribution in [3.8, 4) is 0 Å². The first-order chi connectivity index (χ1) is 7.65. The molecule has 0 amide bonds. The summed E-state index contributed by atoms with van der Waals surface area (Å²) < 4.78 is 11.9. The molecule has 1 aliphatic heterocycles. The molecule has 90 valence electrons. The van der Waals surface area contributed by atoms with Gasteiger partial charge in [-0.2, -0.15) is 0 Å².